The van der Waals surface area contributed by atoms with Gasteiger partial charge in [-0.2, -0.15) is 0 Å². The molecule has 0 saturated carbocycles. The normalized spacial score (nSPS) is 11.0. The minimum atomic E-state index is -0.750. The molecule has 0 fully saturated rings. The number of benzene rings is 2. The minimum Gasteiger partial charge on any atom is -0.355 e. The summed E-state index contributed by atoms with van der Waals surface area (Å²) in [5, 5.41) is 4.49. The fourth-order valence-electron chi connectivity index (χ4n) is 3.45. The van der Waals surface area contributed by atoms with Crippen molar-refractivity contribution in [1.29, 1.82) is 0 Å². The van der Waals surface area contributed by atoms with E-state index in [1.807, 2.05) is 30.3 Å². The van der Waals surface area contributed by atoms with E-state index < -0.39 is 17.1 Å². The highest BCUT2D eigenvalue weighted by Gasteiger charge is 2.19. The third-order valence-corrected chi connectivity index (χ3v) is 5.85. The Morgan fingerprint density at radius 1 is 1.00 bits per heavy atom. The van der Waals surface area contributed by atoms with Gasteiger partial charge in [0.25, 0.3) is 5.56 Å². The van der Waals surface area contributed by atoms with Crippen molar-refractivity contribution < 1.29 is 9.18 Å². The number of amides is 1. The second-order valence-electron chi connectivity index (χ2n) is 7.03. The van der Waals surface area contributed by atoms with Crippen LogP contribution in [0, 0.1) is 5.82 Å². The summed E-state index contributed by atoms with van der Waals surface area (Å²) < 4.78 is 16.6. The maximum Gasteiger partial charge on any atom is 0.336 e. The van der Waals surface area contributed by atoms with Gasteiger partial charge < -0.3 is 5.32 Å². The van der Waals surface area contributed by atoms with Gasteiger partial charge in [-0.05, 0) is 42.0 Å². The number of fused-ring (bicyclic) bond motifs is 1. The average Bonchev–Trinajstić information content (AvgIpc) is 3.26. The Hall–Kier alpha value is -3.52. The number of carbonyl (C=O) groups excluding carboxylic acids is 1. The van der Waals surface area contributed by atoms with Crippen LogP contribution in [0.25, 0.3) is 15.9 Å². The van der Waals surface area contributed by atoms with Crippen molar-refractivity contribution in [2.75, 3.05) is 6.54 Å². The molecule has 0 bridgehead atoms. The van der Waals surface area contributed by atoms with E-state index in [2.05, 4.69) is 5.32 Å². The summed E-state index contributed by atoms with van der Waals surface area (Å²) in [4.78, 5) is 38.4. The monoisotopic (exact) mass is 437 g/mol. The van der Waals surface area contributed by atoms with Crippen LogP contribution in [0.5, 0.6) is 0 Å². The Balaban J connectivity index is 1.57. The van der Waals surface area contributed by atoms with Gasteiger partial charge in [0.05, 0.1) is 11.2 Å². The Morgan fingerprint density at radius 2 is 1.74 bits per heavy atom. The fraction of sp³-hybridized carbons (Fsp3) is 0.174. The van der Waals surface area contributed by atoms with Gasteiger partial charge in [0.15, 0.2) is 0 Å². The molecule has 31 heavy (non-hydrogen) atoms. The van der Waals surface area contributed by atoms with Gasteiger partial charge in [-0.3, -0.25) is 14.2 Å². The van der Waals surface area contributed by atoms with Crippen molar-refractivity contribution in [3.05, 3.63) is 98.3 Å². The maximum atomic E-state index is 14.3. The molecule has 158 valence electrons. The van der Waals surface area contributed by atoms with Gasteiger partial charge in [0.1, 0.15) is 17.1 Å². The number of hydrogen-bond acceptors (Lipinski definition) is 4. The predicted molar refractivity (Wildman–Crippen MR) is 119 cm³/mol. The number of hydrogen-bond donors (Lipinski definition) is 1. The van der Waals surface area contributed by atoms with Crippen LogP contribution in [0.2, 0.25) is 0 Å². The molecule has 2 aromatic carbocycles. The summed E-state index contributed by atoms with van der Waals surface area (Å²) in [5.41, 5.74) is 0.0711. The van der Waals surface area contributed by atoms with Crippen molar-refractivity contribution in [3.63, 3.8) is 0 Å². The summed E-state index contributed by atoms with van der Waals surface area (Å²) in [6, 6.07) is 17.2. The van der Waals surface area contributed by atoms with Gasteiger partial charge in [0, 0.05) is 6.54 Å². The molecule has 2 heterocycles. The molecule has 0 unspecified atom stereocenters. The van der Waals surface area contributed by atoms with Crippen LogP contribution in [0.1, 0.15) is 12.0 Å². The second-order valence-corrected chi connectivity index (χ2v) is 7.95. The smallest absolute Gasteiger partial charge is 0.336 e. The van der Waals surface area contributed by atoms with Crippen LogP contribution in [0.15, 0.2) is 75.6 Å². The van der Waals surface area contributed by atoms with Gasteiger partial charge >= 0.3 is 5.69 Å². The minimum absolute atomic E-state index is 0.134. The molecule has 1 N–H and O–H groups in total. The predicted octanol–water partition coefficient (Wildman–Crippen LogP) is 3.10. The number of aromatic nitrogens is 2. The van der Waals surface area contributed by atoms with Crippen molar-refractivity contribution >= 4 is 27.5 Å². The average molecular weight is 437 g/mol. The lowest BCUT2D eigenvalue weighted by atomic mass is 10.1. The zero-order valence-corrected chi connectivity index (χ0v) is 17.4. The molecule has 4 aromatic rings. The molecule has 1 amide bonds. The Morgan fingerprint density at radius 3 is 2.52 bits per heavy atom. The molecular formula is C23H20FN3O3S. The number of nitrogens with one attached hydrogen (secondary N) is 1. The molecule has 0 atom stereocenters. The number of para-hydroxylation sites is 1. The van der Waals surface area contributed by atoms with Crippen LogP contribution in [0.3, 0.4) is 0 Å². The molecule has 4 rings (SSSR count). The van der Waals surface area contributed by atoms with E-state index in [0.717, 1.165) is 28.7 Å². The number of rotatable bonds is 7. The number of aryl methyl sites for hydroxylation is 1. The summed E-state index contributed by atoms with van der Waals surface area (Å²) in [7, 11) is 0. The van der Waals surface area contributed by atoms with Crippen LogP contribution < -0.4 is 16.6 Å². The van der Waals surface area contributed by atoms with Crippen LogP contribution in [-0.4, -0.2) is 21.6 Å². The standard InChI is InChI=1S/C23H20FN3O3S/c24-17-10-4-5-11-18(17)27-22(29)21-19(12-14-31-21)26(23(27)30)15-20(28)25-13-6-9-16-7-2-1-3-8-16/h1-5,7-8,10-12,14H,6,9,13,15H2,(H,25,28). The van der Waals surface area contributed by atoms with Crippen molar-refractivity contribution in [2.45, 2.75) is 19.4 Å². The lowest BCUT2D eigenvalue weighted by Gasteiger charge is -2.13. The Kier molecular flexibility index (Phi) is 6.08. The quantitative estimate of drug-likeness (QED) is 0.452. The van der Waals surface area contributed by atoms with E-state index >= 15 is 0 Å². The summed E-state index contributed by atoms with van der Waals surface area (Å²) >= 11 is 1.15. The number of thiophene rings is 1. The van der Waals surface area contributed by atoms with Gasteiger partial charge in [0.2, 0.25) is 5.91 Å². The Bertz CT molecular complexity index is 1340. The van der Waals surface area contributed by atoms with Crippen molar-refractivity contribution in [2.24, 2.45) is 0 Å². The van der Waals surface area contributed by atoms with Crippen LogP contribution in [0.4, 0.5) is 4.39 Å². The first-order valence-corrected chi connectivity index (χ1v) is 10.7. The topological polar surface area (TPSA) is 73.1 Å². The number of halogens is 1. The zero-order valence-electron chi connectivity index (χ0n) is 16.6. The van der Waals surface area contributed by atoms with Crippen LogP contribution in [-0.2, 0) is 17.8 Å². The molecule has 0 aliphatic rings. The summed E-state index contributed by atoms with van der Waals surface area (Å²) in [5.74, 6) is -1.03. The first-order chi connectivity index (χ1) is 15.1. The summed E-state index contributed by atoms with van der Waals surface area (Å²) in [6.07, 6.45) is 1.58. The second kappa shape index (κ2) is 9.09. The SMILES string of the molecule is O=C(Cn1c(=O)n(-c2ccccc2F)c(=O)c2sccc21)NCCCc1ccccc1. The van der Waals surface area contributed by atoms with Gasteiger partial charge in [-0.1, -0.05) is 42.5 Å². The molecule has 0 spiro atoms. The Labute approximate surface area is 181 Å². The van der Waals surface area contributed by atoms with E-state index in [1.54, 1.807) is 17.5 Å². The first-order valence-electron chi connectivity index (χ1n) is 9.85. The summed E-state index contributed by atoms with van der Waals surface area (Å²) in [6.45, 7) is 0.203. The number of nitrogens with zero attached hydrogens (tertiary/aromatic N) is 2. The van der Waals surface area contributed by atoms with Crippen molar-refractivity contribution in [3.8, 4) is 5.69 Å². The highest BCUT2D eigenvalue weighted by Crippen LogP contribution is 2.17. The molecule has 0 aliphatic carbocycles. The third kappa shape index (κ3) is 4.34. The largest absolute Gasteiger partial charge is 0.355 e. The maximum absolute atomic E-state index is 14.3. The van der Waals surface area contributed by atoms with E-state index in [-0.39, 0.29) is 18.1 Å². The third-order valence-electron chi connectivity index (χ3n) is 4.96. The molecule has 6 nitrogen and oxygen atoms in total. The molecule has 8 heteroatoms. The lowest BCUT2D eigenvalue weighted by Crippen LogP contribution is -2.41. The van der Waals surface area contributed by atoms with Crippen molar-refractivity contribution in [1.82, 2.24) is 14.5 Å². The molecule has 2 aromatic heterocycles. The van der Waals surface area contributed by atoms with Crippen LogP contribution >= 0.6 is 11.3 Å². The zero-order chi connectivity index (χ0) is 21.8. The fourth-order valence-corrected chi connectivity index (χ4v) is 4.27. The molecule has 0 aliphatic heterocycles. The van der Waals surface area contributed by atoms with E-state index in [4.69, 9.17) is 0 Å². The first kappa shape index (κ1) is 20.7. The van der Waals surface area contributed by atoms with Gasteiger partial charge in [-0.15, -0.1) is 11.3 Å². The molecular weight excluding hydrogens is 417 g/mol. The van der Waals surface area contributed by atoms with Gasteiger partial charge in [-0.25, -0.2) is 13.8 Å². The van der Waals surface area contributed by atoms with E-state index in [0.29, 0.717) is 16.8 Å². The molecule has 0 saturated heterocycles. The highest BCUT2D eigenvalue weighted by molar-refractivity contribution is 7.17. The number of carbonyl (C=O) groups is 1. The highest BCUT2D eigenvalue weighted by atomic mass is 32.1. The van der Waals surface area contributed by atoms with E-state index in [9.17, 15) is 18.8 Å². The lowest BCUT2D eigenvalue weighted by molar-refractivity contribution is -0.121. The molecule has 0 radical (unpaired) electrons. The van der Waals surface area contributed by atoms with E-state index in [1.165, 1.54) is 28.3 Å².